The van der Waals surface area contributed by atoms with E-state index < -0.39 is 21.1 Å². The van der Waals surface area contributed by atoms with Crippen LogP contribution in [0.15, 0.2) is 63.2 Å². The van der Waals surface area contributed by atoms with Gasteiger partial charge in [0.15, 0.2) is 0 Å². The number of rotatable bonds is 3. The monoisotopic (exact) mass is 414 g/mol. The fraction of sp³-hybridized carbons (Fsp3) is 0.318. The summed E-state index contributed by atoms with van der Waals surface area (Å²) < 4.78 is 42.5. The van der Waals surface area contributed by atoms with Gasteiger partial charge in [0.2, 0.25) is 15.3 Å². The second-order valence-corrected chi connectivity index (χ2v) is 9.68. The van der Waals surface area contributed by atoms with Crippen LogP contribution in [0.2, 0.25) is 0 Å². The number of halogens is 1. The first-order chi connectivity index (χ1) is 13.8. The molecule has 3 aromatic rings. The molecule has 1 fully saturated rings. The maximum absolute atomic E-state index is 15.0. The SMILES string of the molecule is C[C@H]1CCCN(c2cc3c(cc2F)c(=O)c(S(=O)(=O)c2ccccc2)cn3C)C1. The lowest BCUT2D eigenvalue weighted by Gasteiger charge is -2.33. The van der Waals surface area contributed by atoms with Crippen LogP contribution in [0.25, 0.3) is 10.9 Å². The van der Waals surface area contributed by atoms with E-state index in [4.69, 9.17) is 0 Å². The van der Waals surface area contributed by atoms with Gasteiger partial charge < -0.3 is 9.47 Å². The van der Waals surface area contributed by atoms with Crippen molar-refractivity contribution in [3.63, 3.8) is 0 Å². The second kappa shape index (κ2) is 7.30. The minimum absolute atomic E-state index is 0.0378. The third-order valence-corrected chi connectivity index (χ3v) is 7.33. The number of aromatic nitrogens is 1. The lowest BCUT2D eigenvalue weighted by Crippen LogP contribution is -2.35. The van der Waals surface area contributed by atoms with Gasteiger partial charge >= 0.3 is 0 Å². The molecule has 0 bridgehead atoms. The van der Waals surface area contributed by atoms with Crippen LogP contribution in [-0.4, -0.2) is 26.1 Å². The van der Waals surface area contributed by atoms with Gasteiger partial charge in [-0.1, -0.05) is 25.1 Å². The molecule has 152 valence electrons. The third kappa shape index (κ3) is 3.44. The number of nitrogens with zero attached hydrogens (tertiary/aromatic N) is 2. The highest BCUT2D eigenvalue weighted by Crippen LogP contribution is 2.29. The maximum Gasteiger partial charge on any atom is 0.211 e. The summed E-state index contributed by atoms with van der Waals surface area (Å²) in [4.78, 5) is 14.7. The summed E-state index contributed by atoms with van der Waals surface area (Å²) in [5.74, 6) is -0.0287. The Hall–Kier alpha value is -2.67. The normalized spacial score (nSPS) is 17.6. The van der Waals surface area contributed by atoms with E-state index >= 15 is 0 Å². The summed E-state index contributed by atoms with van der Waals surface area (Å²) in [6.07, 6.45) is 3.43. The highest BCUT2D eigenvalue weighted by atomic mass is 32.2. The number of hydrogen-bond acceptors (Lipinski definition) is 4. The lowest BCUT2D eigenvalue weighted by atomic mass is 9.99. The number of aryl methyl sites for hydroxylation is 1. The van der Waals surface area contributed by atoms with Crippen molar-refractivity contribution in [3.05, 3.63) is 64.7 Å². The number of fused-ring (bicyclic) bond motifs is 1. The van der Waals surface area contributed by atoms with Gasteiger partial charge in [-0.05, 0) is 43.0 Å². The highest BCUT2D eigenvalue weighted by Gasteiger charge is 2.25. The molecule has 29 heavy (non-hydrogen) atoms. The minimum Gasteiger partial charge on any atom is -0.369 e. The Morgan fingerprint density at radius 2 is 1.86 bits per heavy atom. The van der Waals surface area contributed by atoms with E-state index in [-0.39, 0.29) is 15.2 Å². The molecule has 1 atom stereocenters. The molecule has 1 aliphatic rings. The fourth-order valence-electron chi connectivity index (χ4n) is 4.03. The number of benzene rings is 2. The van der Waals surface area contributed by atoms with Crippen molar-refractivity contribution in [1.29, 1.82) is 0 Å². The number of sulfone groups is 1. The van der Waals surface area contributed by atoms with Crippen molar-refractivity contribution < 1.29 is 12.8 Å². The molecule has 1 aromatic heterocycles. The Labute approximate surface area is 169 Å². The van der Waals surface area contributed by atoms with Gasteiger partial charge in [0, 0.05) is 26.3 Å². The zero-order chi connectivity index (χ0) is 20.8. The zero-order valence-corrected chi connectivity index (χ0v) is 17.2. The largest absolute Gasteiger partial charge is 0.369 e. The van der Waals surface area contributed by atoms with E-state index in [1.807, 2.05) is 4.90 Å². The van der Waals surface area contributed by atoms with Crippen LogP contribution in [0.3, 0.4) is 0 Å². The quantitative estimate of drug-likeness (QED) is 0.655. The Bertz CT molecular complexity index is 1240. The van der Waals surface area contributed by atoms with E-state index in [0.29, 0.717) is 17.1 Å². The molecular formula is C22H23FN2O3S. The van der Waals surface area contributed by atoms with E-state index in [1.165, 1.54) is 24.4 Å². The topological polar surface area (TPSA) is 59.4 Å². The molecule has 0 radical (unpaired) electrons. The molecule has 0 unspecified atom stereocenters. The molecule has 5 nitrogen and oxygen atoms in total. The molecule has 0 saturated carbocycles. The molecule has 1 saturated heterocycles. The van der Waals surface area contributed by atoms with Crippen LogP contribution < -0.4 is 10.3 Å². The van der Waals surface area contributed by atoms with Crippen molar-refractivity contribution in [2.45, 2.75) is 29.6 Å². The van der Waals surface area contributed by atoms with Crippen LogP contribution in [-0.2, 0) is 16.9 Å². The summed E-state index contributed by atoms with van der Waals surface area (Å²) in [5.41, 5.74) is 0.286. The predicted octanol–water partition coefficient (Wildman–Crippen LogP) is 3.75. The number of hydrogen-bond donors (Lipinski definition) is 0. The van der Waals surface area contributed by atoms with E-state index in [0.717, 1.165) is 25.9 Å². The Balaban J connectivity index is 1.89. The minimum atomic E-state index is -4.00. The van der Waals surface area contributed by atoms with Gasteiger partial charge in [-0.2, -0.15) is 0 Å². The highest BCUT2D eigenvalue weighted by molar-refractivity contribution is 7.91. The van der Waals surface area contributed by atoms with Gasteiger partial charge in [-0.3, -0.25) is 4.79 Å². The summed E-state index contributed by atoms with van der Waals surface area (Å²) in [7, 11) is -2.33. The van der Waals surface area contributed by atoms with Gasteiger partial charge in [-0.25, -0.2) is 12.8 Å². The molecule has 0 amide bonds. The lowest BCUT2D eigenvalue weighted by molar-refractivity contribution is 0.442. The first kappa shape index (κ1) is 19.6. The average molecular weight is 415 g/mol. The predicted molar refractivity (Wildman–Crippen MR) is 112 cm³/mol. The standard InChI is InChI=1S/C22H23FN2O3S/c1-15-7-6-10-25(13-15)20-12-19-17(11-18(20)23)22(26)21(14-24(19)2)29(27,28)16-8-4-3-5-9-16/h3-5,8-9,11-12,14-15H,6-7,10,13H2,1-2H3/t15-/m0/s1. The van der Waals surface area contributed by atoms with Crippen LogP contribution in [0.1, 0.15) is 19.8 Å². The van der Waals surface area contributed by atoms with Crippen molar-refractivity contribution in [3.8, 4) is 0 Å². The Morgan fingerprint density at radius 3 is 2.55 bits per heavy atom. The number of piperidine rings is 1. The van der Waals surface area contributed by atoms with Crippen molar-refractivity contribution in [1.82, 2.24) is 4.57 Å². The van der Waals surface area contributed by atoms with Crippen LogP contribution >= 0.6 is 0 Å². The molecule has 1 aliphatic heterocycles. The third-order valence-electron chi connectivity index (χ3n) is 5.57. The average Bonchev–Trinajstić information content (AvgIpc) is 2.71. The molecule has 2 aromatic carbocycles. The molecule has 0 spiro atoms. The van der Waals surface area contributed by atoms with Crippen molar-refractivity contribution in [2.24, 2.45) is 13.0 Å². The summed E-state index contributed by atoms with van der Waals surface area (Å²) in [6, 6.07) is 10.6. The van der Waals surface area contributed by atoms with Crippen molar-refractivity contribution >= 4 is 26.4 Å². The Kier molecular flexibility index (Phi) is 4.94. The zero-order valence-electron chi connectivity index (χ0n) is 16.4. The van der Waals surface area contributed by atoms with Gasteiger partial charge in [0.25, 0.3) is 0 Å². The molecule has 0 aliphatic carbocycles. The van der Waals surface area contributed by atoms with Gasteiger partial charge in [-0.15, -0.1) is 0 Å². The molecule has 0 N–H and O–H groups in total. The molecular weight excluding hydrogens is 391 g/mol. The first-order valence-corrected chi connectivity index (χ1v) is 11.2. The second-order valence-electron chi connectivity index (χ2n) is 7.76. The summed E-state index contributed by atoms with van der Waals surface area (Å²) in [6.45, 7) is 3.67. The van der Waals surface area contributed by atoms with Crippen LogP contribution in [0, 0.1) is 11.7 Å². The summed E-state index contributed by atoms with van der Waals surface area (Å²) >= 11 is 0. The number of anilines is 1. The number of pyridine rings is 1. The maximum atomic E-state index is 15.0. The molecule has 4 rings (SSSR count). The molecule has 7 heteroatoms. The first-order valence-electron chi connectivity index (χ1n) is 9.67. The van der Waals surface area contributed by atoms with Crippen LogP contribution in [0.5, 0.6) is 0 Å². The molecule has 2 heterocycles. The Morgan fingerprint density at radius 1 is 1.14 bits per heavy atom. The summed E-state index contributed by atoms with van der Waals surface area (Å²) in [5, 5.41) is 0.0656. The van der Waals surface area contributed by atoms with Gasteiger partial charge in [0.1, 0.15) is 10.7 Å². The fourth-order valence-corrected chi connectivity index (χ4v) is 5.45. The van der Waals surface area contributed by atoms with E-state index in [2.05, 4.69) is 6.92 Å². The van der Waals surface area contributed by atoms with Gasteiger partial charge in [0.05, 0.1) is 21.5 Å². The smallest absolute Gasteiger partial charge is 0.211 e. The van der Waals surface area contributed by atoms with E-state index in [1.54, 1.807) is 35.9 Å². The van der Waals surface area contributed by atoms with E-state index in [9.17, 15) is 17.6 Å². The van der Waals surface area contributed by atoms with Crippen LogP contribution in [0.4, 0.5) is 10.1 Å². The van der Waals surface area contributed by atoms with Crippen molar-refractivity contribution in [2.75, 3.05) is 18.0 Å².